The zero-order chi connectivity index (χ0) is 18.0. The Labute approximate surface area is 147 Å². The Morgan fingerprint density at radius 3 is 2.40 bits per heavy atom. The van der Waals surface area contributed by atoms with Gasteiger partial charge in [0.2, 0.25) is 10.0 Å². The van der Waals surface area contributed by atoms with Crippen LogP contribution in [0.1, 0.15) is 30.1 Å². The van der Waals surface area contributed by atoms with E-state index in [2.05, 4.69) is 5.32 Å². The molecule has 2 aromatic rings. The molecule has 2 N–H and O–H groups in total. The Kier molecular flexibility index (Phi) is 4.96. The summed E-state index contributed by atoms with van der Waals surface area (Å²) in [5.41, 5.74) is 0.238. The number of hydrogen-bond donors (Lipinski definition) is 2. The van der Waals surface area contributed by atoms with E-state index in [-0.39, 0.29) is 29.0 Å². The number of sulfonamides is 1. The van der Waals surface area contributed by atoms with E-state index >= 15 is 0 Å². The van der Waals surface area contributed by atoms with Crippen molar-refractivity contribution in [1.29, 1.82) is 0 Å². The highest BCUT2D eigenvalue weighted by Crippen LogP contribution is 2.25. The molecule has 1 heterocycles. The van der Waals surface area contributed by atoms with Gasteiger partial charge in [-0.2, -0.15) is 0 Å². The average molecular weight is 362 g/mol. The highest BCUT2D eigenvalue weighted by molar-refractivity contribution is 7.89. The number of nitrogens with one attached hydrogen (secondary N) is 1. The Hall–Kier alpha value is -2.12. The van der Waals surface area contributed by atoms with Crippen LogP contribution in [0, 0.1) is 0 Å². The van der Waals surface area contributed by atoms with Gasteiger partial charge in [-0.1, -0.05) is 24.3 Å². The monoisotopic (exact) mass is 362 g/mol. The molecule has 7 heteroatoms. The van der Waals surface area contributed by atoms with Crippen molar-refractivity contribution in [1.82, 2.24) is 9.62 Å². The Morgan fingerprint density at radius 1 is 1.20 bits per heavy atom. The van der Waals surface area contributed by atoms with Crippen LogP contribution in [0.5, 0.6) is 5.75 Å². The molecule has 0 radical (unpaired) electrons. The minimum Gasteiger partial charge on any atom is -0.507 e. The minimum atomic E-state index is -3.18. The maximum Gasteiger partial charge on any atom is 0.255 e. The minimum absolute atomic E-state index is 0.0535. The molecule has 0 saturated carbocycles. The van der Waals surface area contributed by atoms with Crippen LogP contribution >= 0.6 is 0 Å². The largest absolute Gasteiger partial charge is 0.507 e. The summed E-state index contributed by atoms with van der Waals surface area (Å²) in [6, 6.07) is 10.7. The van der Waals surface area contributed by atoms with Crippen LogP contribution in [0.2, 0.25) is 0 Å². The second kappa shape index (κ2) is 7.01. The second-order valence-corrected chi connectivity index (χ2v) is 8.52. The number of hydrogen-bond acceptors (Lipinski definition) is 4. The van der Waals surface area contributed by atoms with Crippen LogP contribution in [0.15, 0.2) is 36.4 Å². The number of carbonyl (C=O) groups excluding carboxylic acids is 1. The molecule has 1 saturated heterocycles. The predicted octanol–water partition coefficient (Wildman–Crippen LogP) is 2.09. The first-order valence-electron chi connectivity index (χ1n) is 8.41. The summed E-state index contributed by atoms with van der Waals surface area (Å²) in [7, 11) is -3.18. The first-order chi connectivity index (χ1) is 11.9. The molecule has 0 spiro atoms. The predicted molar refractivity (Wildman–Crippen MR) is 97.1 cm³/mol. The first-order valence-corrected chi connectivity index (χ1v) is 10.0. The molecule has 0 unspecified atom stereocenters. The van der Waals surface area contributed by atoms with Gasteiger partial charge in [-0.25, -0.2) is 12.7 Å². The average Bonchev–Trinajstić information content (AvgIpc) is 2.61. The Bertz CT molecular complexity index is 887. The van der Waals surface area contributed by atoms with E-state index in [1.807, 2.05) is 24.3 Å². The molecule has 1 aliphatic heterocycles. The molecule has 25 heavy (non-hydrogen) atoms. The van der Waals surface area contributed by atoms with Crippen LogP contribution in [0.4, 0.5) is 0 Å². The molecular weight excluding hydrogens is 340 g/mol. The zero-order valence-electron chi connectivity index (χ0n) is 14.1. The number of fused-ring (bicyclic) bond motifs is 1. The van der Waals surface area contributed by atoms with Crippen LogP contribution in [0.3, 0.4) is 0 Å². The molecule has 1 fully saturated rings. The summed E-state index contributed by atoms with van der Waals surface area (Å²) in [5, 5.41) is 14.8. The van der Waals surface area contributed by atoms with E-state index in [0.29, 0.717) is 25.9 Å². The Morgan fingerprint density at radius 2 is 1.80 bits per heavy atom. The van der Waals surface area contributed by atoms with Crippen LogP contribution in [0.25, 0.3) is 10.8 Å². The molecular formula is C18H22N2O4S. The van der Waals surface area contributed by atoms with E-state index in [4.69, 9.17) is 0 Å². The van der Waals surface area contributed by atoms with Crippen molar-refractivity contribution in [3.63, 3.8) is 0 Å². The van der Waals surface area contributed by atoms with Gasteiger partial charge < -0.3 is 10.4 Å². The van der Waals surface area contributed by atoms with Gasteiger partial charge in [-0.05, 0) is 42.7 Å². The lowest BCUT2D eigenvalue weighted by atomic mass is 10.0. The summed E-state index contributed by atoms with van der Waals surface area (Å²) in [6.45, 7) is 2.45. The van der Waals surface area contributed by atoms with E-state index in [1.54, 1.807) is 19.1 Å². The van der Waals surface area contributed by atoms with E-state index in [9.17, 15) is 18.3 Å². The maximum atomic E-state index is 12.5. The van der Waals surface area contributed by atoms with Gasteiger partial charge in [0.25, 0.3) is 5.91 Å². The van der Waals surface area contributed by atoms with Gasteiger partial charge >= 0.3 is 0 Å². The first kappa shape index (κ1) is 17.7. The molecule has 1 aliphatic rings. The number of benzene rings is 2. The fourth-order valence-electron chi connectivity index (χ4n) is 3.13. The smallest absolute Gasteiger partial charge is 0.255 e. The number of phenolic OH excluding ortho intramolecular Hbond substituents is 1. The van der Waals surface area contributed by atoms with Crippen molar-refractivity contribution in [2.45, 2.75) is 25.8 Å². The third kappa shape index (κ3) is 3.77. The molecule has 134 valence electrons. The summed E-state index contributed by atoms with van der Waals surface area (Å²) in [6.07, 6.45) is 1.14. The normalized spacial score (nSPS) is 16.8. The summed E-state index contributed by atoms with van der Waals surface area (Å²) >= 11 is 0. The molecule has 3 rings (SSSR count). The highest BCUT2D eigenvalue weighted by atomic mass is 32.2. The van der Waals surface area contributed by atoms with Crippen molar-refractivity contribution in [2.75, 3.05) is 18.8 Å². The highest BCUT2D eigenvalue weighted by Gasteiger charge is 2.28. The number of nitrogens with zero attached hydrogens (tertiary/aromatic N) is 1. The number of piperidine rings is 1. The van der Waals surface area contributed by atoms with Crippen LogP contribution in [-0.2, 0) is 10.0 Å². The standard InChI is InChI=1S/C18H22N2O4S/c1-2-25(23,24)20-9-7-15(8-10-20)19-18(22)16-11-13-5-3-4-6-14(13)12-17(16)21/h3-6,11-12,15,21H,2,7-10H2,1H3,(H,19,22). The Balaban J connectivity index is 1.68. The van der Waals surface area contributed by atoms with Gasteiger partial charge in [0.1, 0.15) is 5.75 Å². The van der Waals surface area contributed by atoms with Gasteiger partial charge in [-0.3, -0.25) is 4.79 Å². The van der Waals surface area contributed by atoms with E-state index < -0.39 is 10.0 Å². The van der Waals surface area contributed by atoms with Crippen molar-refractivity contribution in [3.8, 4) is 5.75 Å². The van der Waals surface area contributed by atoms with Crippen LogP contribution < -0.4 is 5.32 Å². The van der Waals surface area contributed by atoms with Crippen molar-refractivity contribution in [3.05, 3.63) is 42.0 Å². The summed E-state index contributed by atoms with van der Waals surface area (Å²) in [4.78, 5) is 12.5. The lowest BCUT2D eigenvalue weighted by Crippen LogP contribution is -2.46. The number of carbonyl (C=O) groups is 1. The lowest BCUT2D eigenvalue weighted by Gasteiger charge is -2.31. The fourth-order valence-corrected chi connectivity index (χ4v) is 4.27. The molecule has 0 bridgehead atoms. The van der Waals surface area contributed by atoms with E-state index in [0.717, 1.165) is 10.8 Å². The van der Waals surface area contributed by atoms with Gasteiger partial charge in [-0.15, -0.1) is 0 Å². The summed E-state index contributed by atoms with van der Waals surface area (Å²) < 4.78 is 25.2. The number of aromatic hydroxyl groups is 1. The number of phenols is 1. The lowest BCUT2D eigenvalue weighted by molar-refractivity contribution is 0.0921. The third-order valence-corrected chi connectivity index (χ3v) is 6.54. The van der Waals surface area contributed by atoms with Crippen molar-refractivity contribution < 1.29 is 18.3 Å². The van der Waals surface area contributed by atoms with E-state index in [1.165, 1.54) is 4.31 Å². The van der Waals surface area contributed by atoms with Gasteiger partial charge in [0.15, 0.2) is 0 Å². The summed E-state index contributed by atoms with van der Waals surface area (Å²) in [5.74, 6) is -0.295. The van der Waals surface area contributed by atoms with Gasteiger partial charge in [0, 0.05) is 19.1 Å². The molecule has 2 aromatic carbocycles. The fraction of sp³-hybridized carbons (Fsp3) is 0.389. The van der Waals surface area contributed by atoms with Crippen LogP contribution in [-0.4, -0.2) is 48.6 Å². The quantitative estimate of drug-likeness (QED) is 0.872. The van der Waals surface area contributed by atoms with Gasteiger partial charge in [0.05, 0.1) is 11.3 Å². The molecule has 0 aliphatic carbocycles. The molecule has 0 atom stereocenters. The topological polar surface area (TPSA) is 86.7 Å². The zero-order valence-corrected chi connectivity index (χ0v) is 14.9. The number of rotatable bonds is 4. The number of amides is 1. The maximum absolute atomic E-state index is 12.5. The SMILES string of the molecule is CCS(=O)(=O)N1CCC(NC(=O)c2cc3ccccc3cc2O)CC1. The molecule has 1 amide bonds. The molecule has 0 aromatic heterocycles. The molecule has 6 nitrogen and oxygen atoms in total. The third-order valence-electron chi connectivity index (χ3n) is 4.66. The second-order valence-electron chi connectivity index (χ2n) is 6.26. The van der Waals surface area contributed by atoms with Crippen molar-refractivity contribution in [2.24, 2.45) is 0 Å². The van der Waals surface area contributed by atoms with Crippen molar-refractivity contribution >= 4 is 26.7 Å².